The molecule has 3 heterocycles. The van der Waals surface area contributed by atoms with E-state index in [-0.39, 0.29) is 31.2 Å². The normalized spacial score (nSPS) is 12.0. The maximum atomic E-state index is 13.1. The summed E-state index contributed by atoms with van der Waals surface area (Å²) in [7, 11) is 0. The number of nitrogens with zero attached hydrogens (tertiary/aromatic N) is 2. The fourth-order valence-electron chi connectivity index (χ4n) is 3.84. The van der Waals surface area contributed by atoms with Crippen LogP contribution in [0.2, 0.25) is 5.02 Å². The number of anilines is 1. The smallest absolute Gasteiger partial charge is 0.272 e. The van der Waals surface area contributed by atoms with Crippen LogP contribution in [0.15, 0.2) is 35.3 Å². The molecule has 34 heavy (non-hydrogen) atoms. The minimum Gasteiger partial charge on any atom is -0.454 e. The van der Waals surface area contributed by atoms with Gasteiger partial charge >= 0.3 is 0 Å². The average Bonchev–Trinajstić information content (AvgIpc) is 3.22. The molecule has 10 heteroatoms. The zero-order chi connectivity index (χ0) is 24.4. The molecule has 178 valence electrons. The molecule has 4 rings (SSSR count). The van der Waals surface area contributed by atoms with Crippen LogP contribution >= 0.6 is 11.6 Å². The van der Waals surface area contributed by atoms with Gasteiger partial charge in [0.1, 0.15) is 5.82 Å². The topological polar surface area (TPSA) is 120 Å². The van der Waals surface area contributed by atoms with E-state index in [0.717, 1.165) is 27.9 Å². The van der Waals surface area contributed by atoms with Gasteiger partial charge in [-0.2, -0.15) is 0 Å². The van der Waals surface area contributed by atoms with Crippen LogP contribution < -0.4 is 31.5 Å². The van der Waals surface area contributed by atoms with Crippen molar-refractivity contribution in [1.82, 2.24) is 15.0 Å². The Morgan fingerprint density at radius 2 is 1.85 bits per heavy atom. The number of amides is 1. The SMILES string of the molecule is Cc1cc(N)nc(C)c1CNC(=O)Cc1c(C)ccn(NCc2cc3c(cc2Cl)OCO3)c1=O. The number of hydrogen-bond donors (Lipinski definition) is 3. The Labute approximate surface area is 201 Å². The van der Waals surface area contributed by atoms with Gasteiger partial charge in [-0.3, -0.25) is 9.59 Å². The third-order valence-corrected chi connectivity index (χ3v) is 6.13. The Bertz CT molecular complexity index is 1300. The molecule has 4 N–H and O–H groups in total. The van der Waals surface area contributed by atoms with Gasteiger partial charge in [0.15, 0.2) is 11.5 Å². The summed E-state index contributed by atoms with van der Waals surface area (Å²) >= 11 is 6.33. The highest BCUT2D eigenvalue weighted by Crippen LogP contribution is 2.36. The summed E-state index contributed by atoms with van der Waals surface area (Å²) in [6, 6.07) is 7.03. The van der Waals surface area contributed by atoms with Gasteiger partial charge in [0.25, 0.3) is 5.56 Å². The first-order valence-electron chi connectivity index (χ1n) is 10.7. The van der Waals surface area contributed by atoms with Crippen molar-refractivity contribution < 1.29 is 14.3 Å². The fourth-order valence-corrected chi connectivity index (χ4v) is 4.06. The second-order valence-electron chi connectivity index (χ2n) is 8.17. The number of nitrogens with one attached hydrogen (secondary N) is 2. The van der Waals surface area contributed by atoms with Crippen LogP contribution in [0.5, 0.6) is 11.5 Å². The van der Waals surface area contributed by atoms with Gasteiger partial charge in [-0.1, -0.05) is 11.6 Å². The maximum absolute atomic E-state index is 13.1. The van der Waals surface area contributed by atoms with Crippen molar-refractivity contribution in [3.05, 3.63) is 79.3 Å². The molecule has 0 spiro atoms. The molecule has 0 radical (unpaired) electrons. The third kappa shape index (κ3) is 4.94. The van der Waals surface area contributed by atoms with E-state index in [0.29, 0.717) is 34.4 Å². The number of aryl methyl sites for hydroxylation is 3. The van der Waals surface area contributed by atoms with Crippen molar-refractivity contribution in [1.29, 1.82) is 0 Å². The van der Waals surface area contributed by atoms with Gasteiger partial charge in [-0.25, -0.2) is 9.66 Å². The molecular weight excluding hydrogens is 458 g/mol. The lowest BCUT2D eigenvalue weighted by molar-refractivity contribution is -0.120. The summed E-state index contributed by atoms with van der Waals surface area (Å²) in [5.41, 5.74) is 13.0. The predicted molar refractivity (Wildman–Crippen MR) is 130 cm³/mol. The first-order chi connectivity index (χ1) is 16.2. The molecule has 0 fully saturated rings. The fraction of sp³-hybridized carbons (Fsp3) is 0.292. The van der Waals surface area contributed by atoms with Crippen molar-refractivity contribution >= 4 is 23.3 Å². The molecule has 0 unspecified atom stereocenters. The number of carbonyl (C=O) groups excluding carboxylic acids is 1. The van der Waals surface area contributed by atoms with Crippen LogP contribution in [0.25, 0.3) is 0 Å². The molecule has 1 amide bonds. The Balaban J connectivity index is 1.44. The van der Waals surface area contributed by atoms with Gasteiger partial charge < -0.3 is 25.9 Å². The van der Waals surface area contributed by atoms with Crippen molar-refractivity contribution in [3.8, 4) is 11.5 Å². The Morgan fingerprint density at radius 1 is 1.12 bits per heavy atom. The van der Waals surface area contributed by atoms with Gasteiger partial charge in [0.2, 0.25) is 12.7 Å². The van der Waals surface area contributed by atoms with E-state index in [4.69, 9.17) is 26.8 Å². The molecular formula is C24H26ClN5O4. The number of aromatic nitrogens is 2. The summed E-state index contributed by atoms with van der Waals surface area (Å²) in [4.78, 5) is 30.0. The van der Waals surface area contributed by atoms with Gasteiger partial charge in [-0.05, 0) is 61.2 Å². The number of carbonyl (C=O) groups is 1. The Morgan fingerprint density at radius 3 is 2.59 bits per heavy atom. The number of pyridine rings is 2. The molecule has 1 aromatic carbocycles. The summed E-state index contributed by atoms with van der Waals surface area (Å²) in [5.74, 6) is 1.39. The number of ether oxygens (including phenoxy) is 2. The molecule has 1 aliphatic heterocycles. The molecule has 3 aromatic rings. The summed E-state index contributed by atoms with van der Waals surface area (Å²) in [5, 5.41) is 3.38. The van der Waals surface area contributed by atoms with Crippen LogP contribution in [-0.2, 0) is 24.3 Å². The van der Waals surface area contributed by atoms with Gasteiger partial charge in [0, 0.05) is 35.1 Å². The van der Waals surface area contributed by atoms with Crippen molar-refractivity contribution in [2.75, 3.05) is 18.0 Å². The van der Waals surface area contributed by atoms with E-state index < -0.39 is 0 Å². The number of benzene rings is 1. The third-order valence-electron chi connectivity index (χ3n) is 5.78. The summed E-state index contributed by atoms with van der Waals surface area (Å²) in [6.45, 7) is 6.33. The molecule has 9 nitrogen and oxygen atoms in total. The van der Waals surface area contributed by atoms with E-state index in [9.17, 15) is 9.59 Å². The van der Waals surface area contributed by atoms with E-state index in [2.05, 4.69) is 15.7 Å². The zero-order valence-corrected chi connectivity index (χ0v) is 20.0. The second kappa shape index (κ2) is 9.64. The summed E-state index contributed by atoms with van der Waals surface area (Å²) in [6.07, 6.45) is 1.59. The highest BCUT2D eigenvalue weighted by Gasteiger charge is 2.17. The standard InChI is InChI=1S/C24H26ClN5O4/c1-13-4-5-30(28-10-16-7-20-21(9-19(16)25)34-12-33-20)24(32)17(13)8-23(31)27-11-18-14(2)6-22(26)29-15(18)3/h4-7,9,28H,8,10-12H2,1-3H3,(H2,26,29)(H,27,31). The predicted octanol–water partition coefficient (Wildman–Crippen LogP) is 2.74. The van der Waals surface area contributed by atoms with Crippen molar-refractivity contribution in [3.63, 3.8) is 0 Å². The molecule has 0 atom stereocenters. The molecule has 1 aliphatic rings. The quantitative estimate of drug-likeness (QED) is 0.472. The number of halogens is 1. The lowest BCUT2D eigenvalue weighted by atomic mass is 10.1. The largest absolute Gasteiger partial charge is 0.454 e. The zero-order valence-electron chi connectivity index (χ0n) is 19.2. The number of hydrogen-bond acceptors (Lipinski definition) is 7. The minimum absolute atomic E-state index is 0.0432. The van der Waals surface area contributed by atoms with Crippen molar-refractivity contribution in [2.45, 2.75) is 40.3 Å². The molecule has 0 saturated heterocycles. The van der Waals surface area contributed by atoms with Crippen LogP contribution in [0, 0.1) is 20.8 Å². The van der Waals surface area contributed by atoms with Crippen LogP contribution in [0.1, 0.15) is 33.5 Å². The van der Waals surface area contributed by atoms with E-state index >= 15 is 0 Å². The van der Waals surface area contributed by atoms with E-state index in [1.54, 1.807) is 37.4 Å². The molecule has 0 saturated carbocycles. The first-order valence-corrected chi connectivity index (χ1v) is 11.1. The van der Waals surface area contributed by atoms with Crippen LogP contribution in [-0.4, -0.2) is 22.4 Å². The Kier molecular flexibility index (Phi) is 6.65. The number of nitrogen functional groups attached to an aromatic ring is 1. The average molecular weight is 484 g/mol. The molecule has 2 aromatic heterocycles. The number of nitrogens with two attached hydrogens (primary N) is 1. The lowest BCUT2D eigenvalue weighted by Crippen LogP contribution is -2.34. The maximum Gasteiger partial charge on any atom is 0.272 e. The highest BCUT2D eigenvalue weighted by molar-refractivity contribution is 6.31. The van der Waals surface area contributed by atoms with Gasteiger partial charge in [0.05, 0.1) is 13.0 Å². The van der Waals surface area contributed by atoms with Crippen LogP contribution in [0.4, 0.5) is 5.82 Å². The monoisotopic (exact) mass is 483 g/mol. The second-order valence-corrected chi connectivity index (χ2v) is 8.57. The molecule has 0 bridgehead atoms. The minimum atomic E-state index is -0.298. The van der Waals surface area contributed by atoms with Gasteiger partial charge in [-0.15, -0.1) is 0 Å². The highest BCUT2D eigenvalue weighted by atomic mass is 35.5. The first kappa shape index (κ1) is 23.4. The van der Waals surface area contributed by atoms with Crippen LogP contribution in [0.3, 0.4) is 0 Å². The van der Waals surface area contributed by atoms with E-state index in [1.165, 1.54) is 4.68 Å². The Hall–Kier alpha value is -3.72. The number of rotatable bonds is 7. The van der Waals surface area contributed by atoms with Crippen molar-refractivity contribution in [2.24, 2.45) is 0 Å². The summed E-state index contributed by atoms with van der Waals surface area (Å²) < 4.78 is 12.1. The number of fused-ring (bicyclic) bond motifs is 1. The van der Waals surface area contributed by atoms with E-state index in [1.807, 2.05) is 13.8 Å². The lowest BCUT2D eigenvalue weighted by Gasteiger charge is -2.15. The molecule has 0 aliphatic carbocycles.